The molecule has 0 bridgehead atoms. The van der Waals surface area contributed by atoms with Crippen LogP contribution in [0, 0.1) is 11.8 Å². The largest absolute Gasteiger partial charge is 0.385 e. The molecule has 1 aromatic heterocycles. The molecule has 0 saturated heterocycles. The fourth-order valence-corrected chi connectivity index (χ4v) is 3.25. The normalized spacial score (nSPS) is 22.1. The Labute approximate surface area is 127 Å². The summed E-state index contributed by atoms with van der Waals surface area (Å²) < 4.78 is 0. The third kappa shape index (κ3) is 4.19. The van der Waals surface area contributed by atoms with Gasteiger partial charge in [0.2, 0.25) is 0 Å². The first-order valence-corrected chi connectivity index (χ1v) is 8.12. The Morgan fingerprint density at radius 2 is 2.14 bits per heavy atom. The van der Waals surface area contributed by atoms with Crippen molar-refractivity contribution in [2.45, 2.75) is 52.5 Å². The molecular weight excluding hydrogens is 262 g/mol. The maximum atomic E-state index is 12.4. The quantitative estimate of drug-likeness (QED) is 0.873. The van der Waals surface area contributed by atoms with E-state index in [0.717, 1.165) is 18.7 Å². The summed E-state index contributed by atoms with van der Waals surface area (Å²) in [6, 6.07) is 4.00. The Hall–Kier alpha value is -1.58. The van der Waals surface area contributed by atoms with Gasteiger partial charge in [-0.25, -0.2) is 0 Å². The number of anilines is 1. The van der Waals surface area contributed by atoms with Crippen LogP contribution in [0.25, 0.3) is 0 Å². The van der Waals surface area contributed by atoms with E-state index in [1.165, 1.54) is 19.3 Å². The molecule has 1 fully saturated rings. The molecule has 4 nitrogen and oxygen atoms in total. The summed E-state index contributed by atoms with van der Waals surface area (Å²) in [5, 5.41) is 6.42. The molecule has 4 heteroatoms. The third-order valence-electron chi connectivity index (χ3n) is 4.37. The summed E-state index contributed by atoms with van der Waals surface area (Å²) in [4.78, 5) is 16.6. The number of carbonyl (C=O) groups is 1. The van der Waals surface area contributed by atoms with E-state index in [1.54, 1.807) is 6.20 Å². The molecule has 1 heterocycles. The van der Waals surface area contributed by atoms with Gasteiger partial charge in [-0.05, 0) is 43.7 Å². The van der Waals surface area contributed by atoms with Gasteiger partial charge in [0.25, 0.3) is 5.91 Å². The summed E-state index contributed by atoms with van der Waals surface area (Å²) in [5.41, 5.74) is 1.45. The zero-order chi connectivity index (χ0) is 15.2. The minimum Gasteiger partial charge on any atom is -0.385 e. The SMILES string of the molecule is CCNc1ccnc(C(=O)NC2CCCCC2C(C)C)c1. The number of carbonyl (C=O) groups excluding carboxylic acids is 1. The first kappa shape index (κ1) is 15.8. The molecule has 2 unspecified atom stereocenters. The van der Waals surface area contributed by atoms with Crippen LogP contribution in [0.2, 0.25) is 0 Å². The van der Waals surface area contributed by atoms with Gasteiger partial charge in [-0.3, -0.25) is 9.78 Å². The Balaban J connectivity index is 2.04. The second-order valence-corrected chi connectivity index (χ2v) is 6.23. The highest BCUT2D eigenvalue weighted by Gasteiger charge is 2.29. The van der Waals surface area contributed by atoms with Crippen molar-refractivity contribution >= 4 is 11.6 Å². The van der Waals surface area contributed by atoms with Crippen LogP contribution in [0.1, 0.15) is 56.9 Å². The molecule has 2 N–H and O–H groups in total. The van der Waals surface area contributed by atoms with Gasteiger partial charge in [0.1, 0.15) is 5.69 Å². The van der Waals surface area contributed by atoms with Crippen molar-refractivity contribution in [3.05, 3.63) is 24.0 Å². The van der Waals surface area contributed by atoms with E-state index in [2.05, 4.69) is 29.5 Å². The number of amides is 1. The Morgan fingerprint density at radius 1 is 1.38 bits per heavy atom. The fraction of sp³-hybridized carbons (Fsp3) is 0.647. The molecule has 21 heavy (non-hydrogen) atoms. The highest BCUT2D eigenvalue weighted by atomic mass is 16.1. The molecule has 116 valence electrons. The Morgan fingerprint density at radius 3 is 2.86 bits per heavy atom. The predicted octanol–water partition coefficient (Wildman–Crippen LogP) is 3.46. The van der Waals surface area contributed by atoms with Crippen LogP contribution in [0.5, 0.6) is 0 Å². The minimum absolute atomic E-state index is 0.0488. The summed E-state index contributed by atoms with van der Waals surface area (Å²) in [6.45, 7) is 7.37. The minimum atomic E-state index is -0.0488. The molecule has 0 spiro atoms. The van der Waals surface area contributed by atoms with Crippen LogP contribution in [0.3, 0.4) is 0 Å². The van der Waals surface area contributed by atoms with Gasteiger partial charge in [0, 0.05) is 24.5 Å². The number of pyridine rings is 1. The second kappa shape index (κ2) is 7.43. The lowest BCUT2D eigenvalue weighted by Crippen LogP contribution is -2.44. The summed E-state index contributed by atoms with van der Waals surface area (Å²) in [5.74, 6) is 1.14. The lowest BCUT2D eigenvalue weighted by molar-refractivity contribution is 0.0884. The van der Waals surface area contributed by atoms with E-state index in [4.69, 9.17) is 0 Å². The van der Waals surface area contributed by atoms with Crippen LogP contribution in [0.15, 0.2) is 18.3 Å². The van der Waals surface area contributed by atoms with Crippen LogP contribution < -0.4 is 10.6 Å². The molecular formula is C17H27N3O. The smallest absolute Gasteiger partial charge is 0.270 e. The van der Waals surface area contributed by atoms with Gasteiger partial charge < -0.3 is 10.6 Å². The lowest BCUT2D eigenvalue weighted by Gasteiger charge is -2.34. The fourth-order valence-electron chi connectivity index (χ4n) is 3.25. The first-order chi connectivity index (χ1) is 10.1. The average Bonchev–Trinajstić information content (AvgIpc) is 2.48. The molecule has 0 aliphatic heterocycles. The molecule has 1 aromatic rings. The van der Waals surface area contributed by atoms with E-state index >= 15 is 0 Å². The van der Waals surface area contributed by atoms with E-state index in [9.17, 15) is 4.79 Å². The van der Waals surface area contributed by atoms with Crippen LogP contribution in [-0.4, -0.2) is 23.5 Å². The molecule has 2 atom stereocenters. The molecule has 0 radical (unpaired) electrons. The highest BCUT2D eigenvalue weighted by Crippen LogP contribution is 2.30. The standard InChI is InChI=1S/C17H27N3O/c1-4-18-13-9-10-19-16(11-13)17(21)20-15-8-6-5-7-14(15)12(2)3/h9-12,14-15H,4-8H2,1-3H3,(H,18,19)(H,20,21). The molecule has 1 amide bonds. The molecule has 1 aliphatic rings. The summed E-state index contributed by atoms with van der Waals surface area (Å²) in [6.07, 6.45) is 6.48. The topological polar surface area (TPSA) is 54.0 Å². The summed E-state index contributed by atoms with van der Waals surface area (Å²) in [7, 11) is 0. The number of hydrogen-bond acceptors (Lipinski definition) is 3. The number of nitrogens with zero attached hydrogens (tertiary/aromatic N) is 1. The predicted molar refractivity (Wildman–Crippen MR) is 86.5 cm³/mol. The zero-order valence-corrected chi connectivity index (χ0v) is 13.4. The van der Waals surface area contributed by atoms with Gasteiger partial charge in [0.15, 0.2) is 0 Å². The van der Waals surface area contributed by atoms with Gasteiger partial charge in [-0.2, -0.15) is 0 Å². The lowest BCUT2D eigenvalue weighted by atomic mass is 9.78. The van der Waals surface area contributed by atoms with Gasteiger partial charge in [-0.1, -0.05) is 26.7 Å². The van der Waals surface area contributed by atoms with Crippen molar-refractivity contribution in [2.24, 2.45) is 11.8 Å². The maximum Gasteiger partial charge on any atom is 0.270 e. The molecule has 1 saturated carbocycles. The Bertz CT molecular complexity index is 473. The van der Waals surface area contributed by atoms with E-state index < -0.39 is 0 Å². The maximum absolute atomic E-state index is 12.4. The monoisotopic (exact) mass is 289 g/mol. The van der Waals surface area contributed by atoms with Crippen molar-refractivity contribution in [1.29, 1.82) is 0 Å². The zero-order valence-electron chi connectivity index (χ0n) is 13.4. The molecule has 0 aromatic carbocycles. The first-order valence-electron chi connectivity index (χ1n) is 8.12. The van der Waals surface area contributed by atoms with Crippen molar-refractivity contribution < 1.29 is 4.79 Å². The third-order valence-corrected chi connectivity index (χ3v) is 4.37. The van der Waals surface area contributed by atoms with Crippen LogP contribution in [0.4, 0.5) is 5.69 Å². The number of nitrogens with one attached hydrogen (secondary N) is 2. The van der Waals surface area contributed by atoms with E-state index in [0.29, 0.717) is 17.5 Å². The number of hydrogen-bond donors (Lipinski definition) is 2. The van der Waals surface area contributed by atoms with Crippen LogP contribution in [-0.2, 0) is 0 Å². The van der Waals surface area contributed by atoms with Crippen molar-refractivity contribution in [2.75, 3.05) is 11.9 Å². The van der Waals surface area contributed by atoms with Gasteiger partial charge >= 0.3 is 0 Å². The van der Waals surface area contributed by atoms with E-state index in [1.807, 2.05) is 19.1 Å². The second-order valence-electron chi connectivity index (χ2n) is 6.23. The Kier molecular flexibility index (Phi) is 5.59. The van der Waals surface area contributed by atoms with Gasteiger partial charge in [-0.15, -0.1) is 0 Å². The van der Waals surface area contributed by atoms with E-state index in [-0.39, 0.29) is 11.9 Å². The highest BCUT2D eigenvalue weighted by molar-refractivity contribution is 5.93. The van der Waals surface area contributed by atoms with Crippen molar-refractivity contribution in [3.63, 3.8) is 0 Å². The number of rotatable bonds is 5. The van der Waals surface area contributed by atoms with Crippen LogP contribution >= 0.6 is 0 Å². The van der Waals surface area contributed by atoms with Crippen molar-refractivity contribution in [3.8, 4) is 0 Å². The number of aromatic nitrogens is 1. The average molecular weight is 289 g/mol. The molecule has 2 rings (SSSR count). The molecule has 1 aliphatic carbocycles. The summed E-state index contributed by atoms with van der Waals surface area (Å²) >= 11 is 0. The van der Waals surface area contributed by atoms with Crippen molar-refractivity contribution in [1.82, 2.24) is 10.3 Å². The van der Waals surface area contributed by atoms with Gasteiger partial charge in [0.05, 0.1) is 0 Å².